The third-order valence-electron chi connectivity index (χ3n) is 2.63. The molecule has 0 bridgehead atoms. The first-order chi connectivity index (χ1) is 6.81. The maximum absolute atomic E-state index is 11.8. The van der Waals surface area contributed by atoms with Gasteiger partial charge in [-0.3, -0.25) is 4.79 Å². The van der Waals surface area contributed by atoms with Gasteiger partial charge >= 0.3 is 0 Å². The highest BCUT2D eigenvalue weighted by molar-refractivity contribution is 5.76. The Kier molecular flexibility index (Phi) is 2.57. The summed E-state index contributed by atoms with van der Waals surface area (Å²) >= 11 is 0. The molecule has 0 aliphatic heterocycles. The number of hydrogen-bond acceptors (Lipinski definition) is 1. The van der Waals surface area contributed by atoms with Gasteiger partial charge in [-0.1, -0.05) is 0 Å². The van der Waals surface area contributed by atoms with Gasteiger partial charge in [0.25, 0.3) is 0 Å². The van der Waals surface area contributed by atoms with E-state index in [2.05, 4.69) is 0 Å². The molecule has 0 N–H and O–H groups in total. The van der Waals surface area contributed by atoms with E-state index in [4.69, 9.17) is 0 Å². The van der Waals surface area contributed by atoms with Gasteiger partial charge in [0, 0.05) is 25.0 Å². The van der Waals surface area contributed by atoms with Gasteiger partial charge in [-0.25, -0.2) is 0 Å². The third-order valence-corrected chi connectivity index (χ3v) is 2.63. The van der Waals surface area contributed by atoms with Crippen LogP contribution in [0.15, 0.2) is 24.5 Å². The number of nitrogens with zero attached hydrogens (tertiary/aromatic N) is 2. The molecule has 2 rings (SSSR count). The lowest BCUT2D eigenvalue weighted by molar-refractivity contribution is -0.132. The summed E-state index contributed by atoms with van der Waals surface area (Å²) in [7, 11) is 0. The maximum Gasteiger partial charge on any atom is 0.242 e. The van der Waals surface area contributed by atoms with E-state index < -0.39 is 0 Å². The largest absolute Gasteiger partial charge is 0.345 e. The van der Waals surface area contributed by atoms with Crippen LogP contribution in [0.2, 0.25) is 0 Å². The first-order valence-electron chi connectivity index (χ1n) is 5.21. The van der Waals surface area contributed by atoms with Gasteiger partial charge in [-0.2, -0.15) is 0 Å². The van der Waals surface area contributed by atoms with Crippen LogP contribution in [0, 0.1) is 0 Å². The normalized spacial score (nSPS) is 15.5. The Balaban J connectivity index is 1.93. The molecule has 1 saturated carbocycles. The molecule has 1 amide bonds. The number of carbonyl (C=O) groups excluding carboxylic acids is 1. The summed E-state index contributed by atoms with van der Waals surface area (Å²) in [5.74, 6) is 0.242. The van der Waals surface area contributed by atoms with E-state index in [-0.39, 0.29) is 5.91 Å². The lowest BCUT2D eigenvalue weighted by atomic mass is 10.4. The molecule has 0 aromatic carbocycles. The van der Waals surface area contributed by atoms with Crippen molar-refractivity contribution in [2.24, 2.45) is 0 Å². The Bertz CT molecular complexity index is 301. The van der Waals surface area contributed by atoms with Crippen molar-refractivity contribution in [1.82, 2.24) is 9.47 Å². The standard InChI is InChI=1S/C11H16N2O/c1-2-13(10-5-6-10)11(14)9-12-7-3-4-8-12/h3-4,7-8,10H,2,5-6,9H2,1H3. The molecule has 1 aliphatic carbocycles. The molecule has 1 fully saturated rings. The van der Waals surface area contributed by atoms with Crippen LogP contribution in [0.5, 0.6) is 0 Å². The van der Waals surface area contributed by atoms with Crippen molar-refractivity contribution in [3.63, 3.8) is 0 Å². The van der Waals surface area contributed by atoms with Crippen molar-refractivity contribution >= 4 is 5.91 Å². The smallest absolute Gasteiger partial charge is 0.242 e. The number of likely N-dealkylation sites (N-methyl/N-ethyl adjacent to an activating group) is 1. The maximum atomic E-state index is 11.8. The minimum absolute atomic E-state index is 0.242. The van der Waals surface area contributed by atoms with Crippen LogP contribution in [-0.4, -0.2) is 28.0 Å². The SMILES string of the molecule is CCN(C(=O)Cn1cccc1)C1CC1. The molecule has 3 heteroatoms. The summed E-state index contributed by atoms with van der Waals surface area (Å²) in [5, 5.41) is 0. The summed E-state index contributed by atoms with van der Waals surface area (Å²) < 4.78 is 1.92. The molecular weight excluding hydrogens is 176 g/mol. The van der Waals surface area contributed by atoms with E-state index in [0.717, 1.165) is 6.54 Å². The summed E-state index contributed by atoms with van der Waals surface area (Å²) in [6.45, 7) is 3.37. The van der Waals surface area contributed by atoms with E-state index in [9.17, 15) is 4.79 Å². The quantitative estimate of drug-likeness (QED) is 0.709. The van der Waals surface area contributed by atoms with Crippen LogP contribution in [0.25, 0.3) is 0 Å². The van der Waals surface area contributed by atoms with Crippen LogP contribution in [0.4, 0.5) is 0 Å². The number of aromatic nitrogens is 1. The van der Waals surface area contributed by atoms with E-state index in [1.54, 1.807) is 0 Å². The Morgan fingerprint density at radius 1 is 1.43 bits per heavy atom. The molecule has 0 atom stereocenters. The highest BCUT2D eigenvalue weighted by atomic mass is 16.2. The van der Waals surface area contributed by atoms with Crippen LogP contribution >= 0.6 is 0 Å². The van der Waals surface area contributed by atoms with Crippen molar-refractivity contribution in [2.45, 2.75) is 32.4 Å². The topological polar surface area (TPSA) is 25.2 Å². The second kappa shape index (κ2) is 3.86. The Labute approximate surface area is 84.3 Å². The minimum atomic E-state index is 0.242. The molecular formula is C11H16N2O. The highest BCUT2D eigenvalue weighted by Gasteiger charge is 2.30. The highest BCUT2D eigenvalue weighted by Crippen LogP contribution is 2.26. The fourth-order valence-corrected chi connectivity index (χ4v) is 1.75. The zero-order valence-corrected chi connectivity index (χ0v) is 8.52. The van der Waals surface area contributed by atoms with Crippen molar-refractivity contribution in [2.75, 3.05) is 6.54 Å². The second-order valence-corrected chi connectivity index (χ2v) is 3.77. The van der Waals surface area contributed by atoms with Crippen LogP contribution < -0.4 is 0 Å². The Morgan fingerprint density at radius 3 is 2.57 bits per heavy atom. The number of rotatable bonds is 4. The van der Waals surface area contributed by atoms with Crippen molar-refractivity contribution in [3.05, 3.63) is 24.5 Å². The fraction of sp³-hybridized carbons (Fsp3) is 0.545. The first-order valence-corrected chi connectivity index (χ1v) is 5.21. The zero-order valence-electron chi connectivity index (χ0n) is 8.52. The third kappa shape index (κ3) is 1.97. The fourth-order valence-electron chi connectivity index (χ4n) is 1.75. The van der Waals surface area contributed by atoms with E-state index in [1.165, 1.54) is 12.8 Å². The molecule has 0 spiro atoms. The van der Waals surface area contributed by atoms with Gasteiger partial charge in [0.05, 0.1) is 0 Å². The molecule has 1 aliphatic rings. The molecule has 0 saturated heterocycles. The number of carbonyl (C=O) groups is 1. The predicted molar refractivity (Wildman–Crippen MR) is 54.8 cm³/mol. The van der Waals surface area contributed by atoms with Gasteiger partial charge in [-0.15, -0.1) is 0 Å². The predicted octanol–water partition coefficient (Wildman–Crippen LogP) is 1.50. The average Bonchev–Trinajstić information content (AvgIpc) is 2.86. The van der Waals surface area contributed by atoms with E-state index in [1.807, 2.05) is 40.9 Å². The monoisotopic (exact) mass is 192 g/mol. The number of hydrogen-bond donors (Lipinski definition) is 0. The van der Waals surface area contributed by atoms with Gasteiger partial charge in [0.15, 0.2) is 0 Å². The van der Waals surface area contributed by atoms with E-state index in [0.29, 0.717) is 12.6 Å². The number of amides is 1. The van der Waals surface area contributed by atoms with Gasteiger partial charge < -0.3 is 9.47 Å². The van der Waals surface area contributed by atoms with Crippen molar-refractivity contribution < 1.29 is 4.79 Å². The van der Waals surface area contributed by atoms with Crippen molar-refractivity contribution in [1.29, 1.82) is 0 Å². The van der Waals surface area contributed by atoms with Crippen molar-refractivity contribution in [3.8, 4) is 0 Å². The molecule has 0 unspecified atom stereocenters. The zero-order chi connectivity index (χ0) is 9.97. The lowest BCUT2D eigenvalue weighted by Gasteiger charge is -2.20. The van der Waals surface area contributed by atoms with E-state index >= 15 is 0 Å². The van der Waals surface area contributed by atoms with Crippen LogP contribution in [-0.2, 0) is 11.3 Å². The molecule has 1 heterocycles. The Hall–Kier alpha value is -1.25. The molecule has 76 valence electrons. The van der Waals surface area contributed by atoms with Gasteiger partial charge in [-0.05, 0) is 31.9 Å². The molecule has 14 heavy (non-hydrogen) atoms. The summed E-state index contributed by atoms with van der Waals surface area (Å²) in [6.07, 6.45) is 6.23. The molecule has 1 aromatic rings. The van der Waals surface area contributed by atoms with Crippen LogP contribution in [0.3, 0.4) is 0 Å². The molecule has 1 aromatic heterocycles. The lowest BCUT2D eigenvalue weighted by Crippen LogP contribution is -2.35. The Morgan fingerprint density at radius 2 is 2.07 bits per heavy atom. The summed E-state index contributed by atoms with van der Waals surface area (Å²) in [4.78, 5) is 13.8. The minimum Gasteiger partial charge on any atom is -0.345 e. The summed E-state index contributed by atoms with van der Waals surface area (Å²) in [5.41, 5.74) is 0. The average molecular weight is 192 g/mol. The van der Waals surface area contributed by atoms with Gasteiger partial charge in [0.1, 0.15) is 6.54 Å². The van der Waals surface area contributed by atoms with Crippen LogP contribution in [0.1, 0.15) is 19.8 Å². The second-order valence-electron chi connectivity index (χ2n) is 3.77. The molecule has 0 radical (unpaired) electrons. The molecule has 3 nitrogen and oxygen atoms in total. The summed E-state index contributed by atoms with van der Waals surface area (Å²) in [6, 6.07) is 4.42. The van der Waals surface area contributed by atoms with Gasteiger partial charge in [0.2, 0.25) is 5.91 Å². The first kappa shape index (κ1) is 9.31.